The quantitative estimate of drug-likeness (QED) is 0.399. The van der Waals surface area contributed by atoms with Crippen molar-refractivity contribution in [3.05, 3.63) is 63.7 Å². The van der Waals surface area contributed by atoms with Crippen molar-refractivity contribution in [2.75, 3.05) is 7.11 Å². The highest BCUT2D eigenvalue weighted by Crippen LogP contribution is 2.32. The maximum absolute atomic E-state index is 11.6. The van der Waals surface area contributed by atoms with Gasteiger partial charge in [-0.15, -0.1) is 0 Å². The molecule has 3 rings (SSSR count). The van der Waals surface area contributed by atoms with Crippen molar-refractivity contribution >= 4 is 11.7 Å². The van der Waals surface area contributed by atoms with Crippen LogP contribution in [0, 0.1) is 24.0 Å². The van der Waals surface area contributed by atoms with Gasteiger partial charge in [0.05, 0.1) is 23.3 Å². The molecule has 0 radical (unpaired) electrons. The van der Waals surface area contributed by atoms with E-state index in [-0.39, 0.29) is 16.9 Å². The third-order valence-electron chi connectivity index (χ3n) is 3.97. The predicted molar refractivity (Wildman–Crippen MR) is 92.6 cm³/mol. The molecule has 0 aliphatic heterocycles. The molecule has 8 heteroatoms. The van der Waals surface area contributed by atoms with Crippen molar-refractivity contribution in [3.8, 4) is 22.4 Å². The molecule has 26 heavy (non-hydrogen) atoms. The summed E-state index contributed by atoms with van der Waals surface area (Å²) in [4.78, 5) is 26.5. The average molecular weight is 353 g/mol. The first-order valence-corrected chi connectivity index (χ1v) is 7.68. The van der Waals surface area contributed by atoms with E-state index in [4.69, 9.17) is 4.52 Å². The maximum Gasteiger partial charge on any atom is 0.339 e. The van der Waals surface area contributed by atoms with E-state index < -0.39 is 10.9 Å². The lowest BCUT2D eigenvalue weighted by Gasteiger charge is -2.06. The third kappa shape index (κ3) is 3.04. The zero-order valence-electron chi connectivity index (χ0n) is 14.3. The van der Waals surface area contributed by atoms with E-state index in [0.717, 1.165) is 22.9 Å². The van der Waals surface area contributed by atoms with Gasteiger partial charge < -0.3 is 9.26 Å². The fraction of sp³-hybridized carbons (Fsp3) is 0.167. The third-order valence-corrected chi connectivity index (χ3v) is 3.97. The molecule has 2 heterocycles. The summed E-state index contributed by atoms with van der Waals surface area (Å²) in [6.45, 7) is 3.67. The molecule has 0 aliphatic carbocycles. The van der Waals surface area contributed by atoms with E-state index in [1.807, 2.05) is 26.0 Å². The monoisotopic (exact) mass is 353 g/mol. The Morgan fingerprint density at radius 3 is 2.38 bits per heavy atom. The fourth-order valence-corrected chi connectivity index (χ4v) is 2.73. The summed E-state index contributed by atoms with van der Waals surface area (Å²) in [5.41, 5.74) is 3.03. The van der Waals surface area contributed by atoms with Gasteiger partial charge in [-0.3, -0.25) is 10.1 Å². The number of carbonyl (C=O) groups excluding carboxylic acids is 1. The first kappa shape index (κ1) is 17.3. The van der Waals surface area contributed by atoms with Gasteiger partial charge in [-0.1, -0.05) is 29.4 Å². The van der Waals surface area contributed by atoms with Crippen LogP contribution in [0.15, 0.2) is 41.1 Å². The Balaban J connectivity index is 2.04. The van der Waals surface area contributed by atoms with Crippen molar-refractivity contribution in [1.82, 2.24) is 10.1 Å². The number of aryl methyl sites for hydroxylation is 2. The molecule has 1 aromatic carbocycles. The van der Waals surface area contributed by atoms with Gasteiger partial charge >= 0.3 is 5.97 Å². The summed E-state index contributed by atoms with van der Waals surface area (Å²) in [6, 6.07) is 8.27. The molecule has 132 valence electrons. The van der Waals surface area contributed by atoms with Gasteiger partial charge in [0, 0.05) is 23.4 Å². The summed E-state index contributed by atoms with van der Waals surface area (Å²) in [7, 11) is 1.20. The highest BCUT2D eigenvalue weighted by molar-refractivity contribution is 5.91. The summed E-state index contributed by atoms with van der Waals surface area (Å²) in [5.74, 6) is 0.0164. The maximum atomic E-state index is 11.6. The molecule has 0 fully saturated rings. The van der Waals surface area contributed by atoms with E-state index in [1.165, 1.54) is 13.3 Å². The molecule has 0 atom stereocenters. The largest absolute Gasteiger partial charge is 0.465 e. The second-order valence-corrected chi connectivity index (χ2v) is 5.62. The number of methoxy groups -OCH3 is 1. The van der Waals surface area contributed by atoms with E-state index in [9.17, 15) is 14.9 Å². The molecule has 8 nitrogen and oxygen atoms in total. The van der Waals surface area contributed by atoms with Crippen molar-refractivity contribution in [2.24, 2.45) is 0 Å². The molecular weight excluding hydrogens is 338 g/mol. The van der Waals surface area contributed by atoms with E-state index >= 15 is 0 Å². The van der Waals surface area contributed by atoms with Crippen LogP contribution in [0.5, 0.6) is 0 Å². The zero-order chi connectivity index (χ0) is 18.8. The molecule has 0 unspecified atom stereocenters. The topological polar surface area (TPSA) is 108 Å². The van der Waals surface area contributed by atoms with Gasteiger partial charge in [0.1, 0.15) is 11.5 Å². The van der Waals surface area contributed by atoms with Gasteiger partial charge in [-0.05, 0) is 19.4 Å². The first-order valence-electron chi connectivity index (χ1n) is 7.68. The number of carbonyl (C=O) groups is 1. The van der Waals surface area contributed by atoms with Crippen LogP contribution in [0.2, 0.25) is 0 Å². The lowest BCUT2D eigenvalue weighted by atomic mass is 10.0. The molecule has 0 bridgehead atoms. The van der Waals surface area contributed by atoms with Crippen LogP contribution in [0.25, 0.3) is 22.4 Å². The van der Waals surface area contributed by atoms with Crippen LogP contribution in [-0.2, 0) is 4.74 Å². The fourth-order valence-electron chi connectivity index (χ4n) is 2.73. The van der Waals surface area contributed by atoms with Gasteiger partial charge in [0.15, 0.2) is 0 Å². The number of pyridine rings is 1. The second-order valence-electron chi connectivity index (χ2n) is 5.62. The summed E-state index contributed by atoms with van der Waals surface area (Å²) in [5, 5.41) is 15.3. The molecule has 2 aromatic heterocycles. The Kier molecular flexibility index (Phi) is 4.49. The number of hydrogen-bond acceptors (Lipinski definition) is 7. The Bertz CT molecular complexity index is 973. The standard InChI is InChI=1S/C18H15N3O5/c1-10-16(11(2)26-20-10)12-4-6-13(7-5-12)17-15(21(23)24)8-14(9-19-17)18(22)25-3/h4-9H,1-3H3. The molecule has 0 N–H and O–H groups in total. The molecule has 3 aromatic rings. The molecule has 0 amide bonds. The molecule has 0 saturated heterocycles. The molecule has 0 spiro atoms. The van der Waals surface area contributed by atoms with Crippen molar-refractivity contribution in [2.45, 2.75) is 13.8 Å². The first-order chi connectivity index (χ1) is 12.4. The number of nitro groups is 1. The summed E-state index contributed by atoms with van der Waals surface area (Å²) < 4.78 is 9.75. The van der Waals surface area contributed by atoms with Gasteiger partial charge in [0.25, 0.3) is 5.69 Å². The smallest absolute Gasteiger partial charge is 0.339 e. The van der Waals surface area contributed by atoms with E-state index in [0.29, 0.717) is 11.3 Å². The number of ether oxygens (including phenoxy) is 1. The second kappa shape index (κ2) is 6.75. The van der Waals surface area contributed by atoms with Crippen LogP contribution in [0.4, 0.5) is 5.69 Å². The highest BCUT2D eigenvalue weighted by Gasteiger charge is 2.21. The highest BCUT2D eigenvalue weighted by atomic mass is 16.6. The van der Waals surface area contributed by atoms with Crippen LogP contribution in [0.3, 0.4) is 0 Å². The van der Waals surface area contributed by atoms with Crippen molar-refractivity contribution in [1.29, 1.82) is 0 Å². The van der Waals surface area contributed by atoms with Crippen LogP contribution < -0.4 is 0 Å². The van der Waals surface area contributed by atoms with E-state index in [2.05, 4.69) is 14.9 Å². The lowest BCUT2D eigenvalue weighted by molar-refractivity contribution is -0.384. The van der Waals surface area contributed by atoms with E-state index in [1.54, 1.807) is 12.1 Å². The van der Waals surface area contributed by atoms with Crippen molar-refractivity contribution in [3.63, 3.8) is 0 Å². The van der Waals surface area contributed by atoms with Crippen LogP contribution in [0.1, 0.15) is 21.8 Å². The van der Waals surface area contributed by atoms with Crippen LogP contribution in [-0.4, -0.2) is 28.1 Å². The number of benzene rings is 1. The van der Waals surface area contributed by atoms with Gasteiger partial charge in [-0.25, -0.2) is 9.78 Å². The zero-order valence-corrected chi connectivity index (χ0v) is 14.3. The number of rotatable bonds is 4. The summed E-state index contributed by atoms with van der Waals surface area (Å²) >= 11 is 0. The Morgan fingerprint density at radius 2 is 1.85 bits per heavy atom. The lowest BCUT2D eigenvalue weighted by Crippen LogP contribution is -2.04. The number of nitrogens with zero attached hydrogens (tertiary/aromatic N) is 3. The predicted octanol–water partition coefficient (Wildman–Crippen LogP) is 3.72. The minimum atomic E-state index is -0.680. The Labute approximate surface area is 148 Å². The van der Waals surface area contributed by atoms with Gasteiger partial charge in [-0.2, -0.15) is 0 Å². The van der Waals surface area contributed by atoms with Gasteiger partial charge in [0.2, 0.25) is 0 Å². The van der Waals surface area contributed by atoms with Crippen LogP contribution >= 0.6 is 0 Å². The average Bonchev–Trinajstić information content (AvgIpc) is 2.99. The minimum Gasteiger partial charge on any atom is -0.465 e. The van der Waals surface area contributed by atoms with Crippen molar-refractivity contribution < 1.29 is 19.0 Å². The minimum absolute atomic E-state index is 0.0234. The number of esters is 1. The molecular formula is C18H15N3O5. The number of aromatic nitrogens is 2. The Morgan fingerprint density at radius 1 is 1.19 bits per heavy atom. The SMILES string of the molecule is COC(=O)c1cnc(-c2ccc(-c3c(C)noc3C)cc2)c([N+](=O)[O-])c1. The number of hydrogen-bond donors (Lipinski definition) is 0. The normalized spacial score (nSPS) is 10.6. The molecule has 0 aliphatic rings. The Hall–Kier alpha value is -3.55. The summed E-state index contributed by atoms with van der Waals surface area (Å²) in [6.07, 6.45) is 1.26. The molecule has 0 saturated carbocycles.